The molecule has 2 heterocycles. The van der Waals surface area contributed by atoms with E-state index < -0.39 is 24.1 Å². The Morgan fingerprint density at radius 3 is 2.47 bits per heavy atom. The Kier molecular flexibility index (Phi) is 2.50. The highest BCUT2D eigenvalue weighted by atomic mass is 16.8. The van der Waals surface area contributed by atoms with E-state index in [1.165, 1.54) is 0 Å². The van der Waals surface area contributed by atoms with Crippen LogP contribution in [0.2, 0.25) is 0 Å². The molecule has 86 valence electrons. The second kappa shape index (κ2) is 3.45. The van der Waals surface area contributed by atoms with Crippen molar-refractivity contribution in [3.8, 4) is 0 Å². The lowest BCUT2D eigenvalue weighted by atomic mass is 10.1. The molecule has 0 aliphatic carbocycles. The predicted octanol–water partition coefficient (Wildman–Crippen LogP) is -0.228. The molecule has 0 aromatic carbocycles. The monoisotopic (exact) mass is 216 g/mol. The summed E-state index contributed by atoms with van der Waals surface area (Å²) in [6, 6.07) is 0. The molecule has 2 N–H and O–H groups in total. The molecule has 15 heavy (non-hydrogen) atoms. The number of aliphatic hydroxyl groups is 2. The van der Waals surface area contributed by atoms with Crippen molar-refractivity contribution in [1.29, 1.82) is 0 Å². The van der Waals surface area contributed by atoms with Gasteiger partial charge in [-0.3, -0.25) is 0 Å². The van der Waals surface area contributed by atoms with Crippen LogP contribution >= 0.6 is 0 Å². The van der Waals surface area contributed by atoms with Gasteiger partial charge in [-0.1, -0.05) is 6.58 Å². The number of hydrogen-bond acceptors (Lipinski definition) is 5. The first-order chi connectivity index (χ1) is 6.91. The van der Waals surface area contributed by atoms with Gasteiger partial charge in [0.05, 0.1) is 6.61 Å². The Hall–Kier alpha value is -0.620. The molecule has 0 amide bonds. The van der Waals surface area contributed by atoms with E-state index in [-0.39, 0.29) is 11.9 Å². The molecule has 4 atom stereocenters. The zero-order valence-electron chi connectivity index (χ0n) is 8.84. The predicted molar refractivity (Wildman–Crippen MR) is 50.9 cm³/mol. The fourth-order valence-corrected chi connectivity index (χ4v) is 1.86. The highest BCUT2D eigenvalue weighted by molar-refractivity contribution is 5.08. The molecule has 0 spiro atoms. The minimum absolute atomic E-state index is 0.181. The zero-order valence-corrected chi connectivity index (χ0v) is 8.84. The minimum atomic E-state index is -1.04. The summed E-state index contributed by atoms with van der Waals surface area (Å²) in [7, 11) is 0. The normalized spacial score (nSPS) is 44.4. The standard InChI is InChI=1S/C10H16O5/c1-5-7(11)8(12)9(14-5)6-4-13-10(2,3)15-6/h6-9,11-12H,1,4H2,2-3H3/t6-,7+,8-,9-/m1/s1. The third-order valence-electron chi connectivity index (χ3n) is 2.67. The van der Waals surface area contributed by atoms with Gasteiger partial charge in [-0.2, -0.15) is 0 Å². The van der Waals surface area contributed by atoms with Crippen LogP contribution in [-0.2, 0) is 14.2 Å². The molecule has 2 aliphatic rings. The summed E-state index contributed by atoms with van der Waals surface area (Å²) < 4.78 is 16.2. The van der Waals surface area contributed by atoms with Gasteiger partial charge in [0.2, 0.25) is 0 Å². The van der Waals surface area contributed by atoms with Gasteiger partial charge in [0.1, 0.15) is 24.1 Å². The van der Waals surface area contributed by atoms with Crippen LogP contribution in [0.1, 0.15) is 13.8 Å². The summed E-state index contributed by atoms with van der Waals surface area (Å²) in [5.41, 5.74) is 0. The molecule has 2 rings (SSSR count). The van der Waals surface area contributed by atoms with Crippen LogP contribution < -0.4 is 0 Å². The largest absolute Gasteiger partial charge is 0.487 e. The second-order valence-corrected chi connectivity index (χ2v) is 4.35. The maximum atomic E-state index is 9.69. The van der Waals surface area contributed by atoms with Crippen LogP contribution in [0.4, 0.5) is 0 Å². The first kappa shape index (κ1) is 10.9. The Balaban J connectivity index is 2.04. The van der Waals surface area contributed by atoms with Crippen molar-refractivity contribution in [2.45, 2.75) is 44.1 Å². The van der Waals surface area contributed by atoms with Crippen LogP contribution in [0.15, 0.2) is 12.3 Å². The van der Waals surface area contributed by atoms with Crippen molar-refractivity contribution in [2.75, 3.05) is 6.61 Å². The van der Waals surface area contributed by atoms with Crippen LogP contribution in [0, 0.1) is 0 Å². The molecule has 5 heteroatoms. The smallest absolute Gasteiger partial charge is 0.163 e. The van der Waals surface area contributed by atoms with Crippen LogP contribution in [0.5, 0.6) is 0 Å². The van der Waals surface area contributed by atoms with Gasteiger partial charge >= 0.3 is 0 Å². The summed E-state index contributed by atoms with van der Waals surface area (Å²) in [4.78, 5) is 0. The van der Waals surface area contributed by atoms with Crippen molar-refractivity contribution in [3.63, 3.8) is 0 Å². The van der Waals surface area contributed by atoms with Gasteiger partial charge in [-0.25, -0.2) is 0 Å². The number of rotatable bonds is 1. The molecule has 5 nitrogen and oxygen atoms in total. The highest BCUT2D eigenvalue weighted by Gasteiger charge is 2.48. The molecule has 0 bridgehead atoms. The molecule has 0 aromatic rings. The average molecular weight is 216 g/mol. The molecule has 0 aromatic heterocycles. The van der Waals surface area contributed by atoms with E-state index >= 15 is 0 Å². The summed E-state index contributed by atoms with van der Waals surface area (Å²) in [5.74, 6) is -0.483. The van der Waals surface area contributed by atoms with Crippen molar-refractivity contribution in [1.82, 2.24) is 0 Å². The Morgan fingerprint density at radius 2 is 2.07 bits per heavy atom. The molecule has 0 saturated carbocycles. The van der Waals surface area contributed by atoms with E-state index in [2.05, 4.69) is 6.58 Å². The van der Waals surface area contributed by atoms with Crippen molar-refractivity contribution in [2.24, 2.45) is 0 Å². The fraction of sp³-hybridized carbons (Fsp3) is 0.800. The first-order valence-electron chi connectivity index (χ1n) is 4.94. The van der Waals surface area contributed by atoms with Crippen molar-refractivity contribution in [3.05, 3.63) is 12.3 Å². The van der Waals surface area contributed by atoms with E-state index in [9.17, 15) is 10.2 Å². The Bertz CT molecular complexity index is 275. The molecule has 2 aliphatic heterocycles. The van der Waals surface area contributed by atoms with Gasteiger partial charge in [0, 0.05) is 0 Å². The topological polar surface area (TPSA) is 68.2 Å². The van der Waals surface area contributed by atoms with Gasteiger partial charge in [-0.15, -0.1) is 0 Å². The lowest BCUT2D eigenvalue weighted by molar-refractivity contribution is -0.156. The summed E-state index contributed by atoms with van der Waals surface area (Å²) >= 11 is 0. The minimum Gasteiger partial charge on any atom is -0.487 e. The summed E-state index contributed by atoms with van der Waals surface area (Å²) in [6.07, 6.45) is -3.01. The number of hydrogen-bond donors (Lipinski definition) is 2. The van der Waals surface area contributed by atoms with Crippen molar-refractivity contribution < 1.29 is 24.4 Å². The molecule has 0 unspecified atom stereocenters. The molecule has 0 radical (unpaired) electrons. The van der Waals surface area contributed by atoms with Gasteiger partial charge < -0.3 is 24.4 Å². The Labute approximate surface area is 88.3 Å². The number of aliphatic hydroxyl groups excluding tert-OH is 2. The summed E-state index contributed by atoms with van der Waals surface area (Å²) in [6.45, 7) is 7.44. The zero-order chi connectivity index (χ0) is 11.2. The maximum Gasteiger partial charge on any atom is 0.163 e. The van der Waals surface area contributed by atoms with Gasteiger partial charge in [0.25, 0.3) is 0 Å². The van der Waals surface area contributed by atoms with Gasteiger partial charge in [0.15, 0.2) is 11.9 Å². The van der Waals surface area contributed by atoms with Crippen LogP contribution in [0.25, 0.3) is 0 Å². The van der Waals surface area contributed by atoms with Crippen molar-refractivity contribution >= 4 is 0 Å². The SMILES string of the molecule is C=C1O[C@H]([C@H]2COC(C)(C)O2)[C@H](O)[C@H]1O. The van der Waals surface area contributed by atoms with E-state index in [0.717, 1.165) is 0 Å². The first-order valence-corrected chi connectivity index (χ1v) is 4.94. The van der Waals surface area contributed by atoms with E-state index in [1.807, 2.05) is 0 Å². The van der Waals surface area contributed by atoms with E-state index in [1.54, 1.807) is 13.8 Å². The molecular formula is C10H16O5. The average Bonchev–Trinajstić information content (AvgIpc) is 2.62. The fourth-order valence-electron chi connectivity index (χ4n) is 1.86. The lowest BCUT2D eigenvalue weighted by Crippen LogP contribution is -2.40. The molecule has 2 fully saturated rings. The lowest BCUT2D eigenvalue weighted by Gasteiger charge is -2.22. The molecular weight excluding hydrogens is 200 g/mol. The third-order valence-corrected chi connectivity index (χ3v) is 2.67. The van der Waals surface area contributed by atoms with E-state index in [4.69, 9.17) is 14.2 Å². The van der Waals surface area contributed by atoms with Crippen LogP contribution in [-0.4, -0.2) is 47.0 Å². The second-order valence-electron chi connectivity index (χ2n) is 4.35. The molecule has 2 saturated heterocycles. The number of ether oxygens (including phenoxy) is 3. The van der Waals surface area contributed by atoms with Gasteiger partial charge in [-0.05, 0) is 13.8 Å². The summed E-state index contributed by atoms with van der Waals surface area (Å²) in [5, 5.41) is 19.1. The van der Waals surface area contributed by atoms with Crippen LogP contribution in [0.3, 0.4) is 0 Å². The maximum absolute atomic E-state index is 9.69. The van der Waals surface area contributed by atoms with E-state index in [0.29, 0.717) is 6.61 Å². The third kappa shape index (κ3) is 1.88. The Morgan fingerprint density at radius 1 is 1.40 bits per heavy atom. The highest BCUT2D eigenvalue weighted by Crippen LogP contribution is 2.32. The quantitative estimate of drug-likeness (QED) is 0.634.